The third-order valence-corrected chi connectivity index (χ3v) is 4.94. The van der Waals surface area contributed by atoms with E-state index in [4.69, 9.17) is 4.74 Å². The third-order valence-electron chi connectivity index (χ3n) is 3.88. The summed E-state index contributed by atoms with van der Waals surface area (Å²) < 4.78 is 7.31. The first-order valence-electron chi connectivity index (χ1n) is 8.02. The van der Waals surface area contributed by atoms with E-state index in [1.165, 1.54) is 23.9 Å². The molecule has 0 atom stereocenters. The predicted molar refractivity (Wildman–Crippen MR) is 99.6 cm³/mol. The Bertz CT molecular complexity index is 1040. The second-order valence-electron chi connectivity index (χ2n) is 5.40. The molecule has 0 saturated heterocycles. The maximum Gasteiger partial charge on any atom is 0.270 e. The largest absolute Gasteiger partial charge is 0.496 e. The summed E-state index contributed by atoms with van der Waals surface area (Å²) in [5.41, 5.74) is 0.909. The lowest BCUT2D eigenvalue weighted by atomic mass is 10.2. The zero-order valence-corrected chi connectivity index (χ0v) is 15.4. The molecule has 1 heterocycles. The Balaban J connectivity index is 2.02. The average molecular weight is 381 g/mol. The van der Waals surface area contributed by atoms with E-state index in [9.17, 15) is 15.4 Å². The summed E-state index contributed by atoms with van der Waals surface area (Å²) in [6.45, 7) is 2.57. The van der Waals surface area contributed by atoms with Crippen molar-refractivity contribution in [2.75, 3.05) is 7.11 Å². The molecule has 0 radical (unpaired) electrons. The van der Waals surface area contributed by atoms with Gasteiger partial charge in [-0.25, -0.2) is 0 Å². The van der Waals surface area contributed by atoms with E-state index >= 15 is 0 Å². The third kappa shape index (κ3) is 3.61. The van der Waals surface area contributed by atoms with Crippen LogP contribution in [0.3, 0.4) is 0 Å². The minimum atomic E-state index is -0.524. The van der Waals surface area contributed by atoms with Crippen molar-refractivity contribution in [1.82, 2.24) is 14.8 Å². The van der Waals surface area contributed by atoms with Crippen molar-refractivity contribution in [2.24, 2.45) is 0 Å². The molecular formula is C18H15N5O3S. The predicted octanol–water partition coefficient (Wildman–Crippen LogP) is 3.90. The minimum Gasteiger partial charge on any atom is -0.496 e. The zero-order chi connectivity index (χ0) is 19.4. The molecule has 3 rings (SSSR count). The standard InChI is InChI=1S/C18H15N5O3S/c1-3-22-17(14-6-4-5-7-15(14)26-2)20-21-18(22)27-16-9-8-13(23(24)25)10-12(16)11-19/h4-10H,3H2,1-2H3. The summed E-state index contributed by atoms with van der Waals surface area (Å²) in [5, 5.41) is 29.4. The molecule has 2 aromatic carbocycles. The Hall–Kier alpha value is -3.38. The average Bonchev–Trinajstić information content (AvgIpc) is 3.10. The van der Waals surface area contributed by atoms with Gasteiger partial charge in [0.1, 0.15) is 11.8 Å². The number of nitro benzene ring substituents is 1. The highest BCUT2D eigenvalue weighted by Gasteiger charge is 2.19. The van der Waals surface area contributed by atoms with E-state index < -0.39 is 4.92 Å². The highest BCUT2D eigenvalue weighted by molar-refractivity contribution is 7.99. The number of benzene rings is 2. The fraction of sp³-hybridized carbons (Fsp3) is 0.167. The summed E-state index contributed by atoms with van der Waals surface area (Å²) in [4.78, 5) is 11.0. The molecule has 0 bridgehead atoms. The van der Waals surface area contributed by atoms with E-state index in [0.29, 0.717) is 28.2 Å². The number of aromatic nitrogens is 3. The van der Waals surface area contributed by atoms with Gasteiger partial charge in [0.25, 0.3) is 5.69 Å². The maximum absolute atomic E-state index is 10.9. The normalized spacial score (nSPS) is 10.4. The SMILES string of the molecule is CCn1c(Sc2ccc([N+](=O)[O-])cc2C#N)nnc1-c1ccccc1OC. The number of hydrogen-bond donors (Lipinski definition) is 0. The van der Waals surface area contributed by atoms with Crippen molar-refractivity contribution in [2.45, 2.75) is 23.5 Å². The number of methoxy groups -OCH3 is 1. The highest BCUT2D eigenvalue weighted by atomic mass is 32.2. The first-order chi connectivity index (χ1) is 13.1. The van der Waals surface area contributed by atoms with Crippen LogP contribution in [0.15, 0.2) is 52.5 Å². The molecule has 9 heteroatoms. The van der Waals surface area contributed by atoms with E-state index in [2.05, 4.69) is 10.2 Å². The van der Waals surface area contributed by atoms with Crippen LogP contribution in [0.1, 0.15) is 12.5 Å². The van der Waals surface area contributed by atoms with Crippen LogP contribution >= 0.6 is 11.8 Å². The van der Waals surface area contributed by atoms with Crippen molar-refractivity contribution < 1.29 is 9.66 Å². The lowest BCUT2D eigenvalue weighted by Gasteiger charge is -2.10. The van der Waals surface area contributed by atoms with Crippen LogP contribution < -0.4 is 4.74 Å². The van der Waals surface area contributed by atoms with Gasteiger partial charge in [0.15, 0.2) is 11.0 Å². The van der Waals surface area contributed by atoms with Gasteiger partial charge in [0.05, 0.1) is 23.2 Å². The van der Waals surface area contributed by atoms with Crippen molar-refractivity contribution in [3.8, 4) is 23.2 Å². The molecule has 0 unspecified atom stereocenters. The van der Waals surface area contributed by atoms with Crippen LogP contribution in [0.5, 0.6) is 5.75 Å². The Kier molecular flexibility index (Phi) is 5.38. The molecule has 136 valence electrons. The highest BCUT2D eigenvalue weighted by Crippen LogP contribution is 2.35. The first-order valence-corrected chi connectivity index (χ1v) is 8.83. The summed E-state index contributed by atoms with van der Waals surface area (Å²) >= 11 is 1.24. The molecule has 0 spiro atoms. The van der Waals surface area contributed by atoms with E-state index in [1.807, 2.05) is 41.8 Å². The van der Waals surface area contributed by atoms with Crippen LogP contribution in [0.2, 0.25) is 0 Å². The Morgan fingerprint density at radius 3 is 2.74 bits per heavy atom. The van der Waals surface area contributed by atoms with E-state index in [1.54, 1.807) is 13.2 Å². The van der Waals surface area contributed by atoms with Crippen molar-refractivity contribution in [3.05, 3.63) is 58.1 Å². The molecule has 0 aliphatic carbocycles. The molecule has 1 aromatic heterocycles. The molecule has 0 aliphatic rings. The number of nitro groups is 1. The molecular weight excluding hydrogens is 366 g/mol. The fourth-order valence-electron chi connectivity index (χ4n) is 2.58. The Morgan fingerprint density at radius 2 is 2.07 bits per heavy atom. The number of para-hydroxylation sites is 1. The lowest BCUT2D eigenvalue weighted by Crippen LogP contribution is -2.01. The van der Waals surface area contributed by atoms with Gasteiger partial charge in [-0.3, -0.25) is 10.1 Å². The van der Waals surface area contributed by atoms with Crippen molar-refractivity contribution in [1.29, 1.82) is 5.26 Å². The van der Waals surface area contributed by atoms with Gasteiger partial charge >= 0.3 is 0 Å². The minimum absolute atomic E-state index is 0.123. The van der Waals surface area contributed by atoms with Crippen LogP contribution in [-0.2, 0) is 6.54 Å². The molecule has 8 nitrogen and oxygen atoms in total. The van der Waals surface area contributed by atoms with E-state index in [-0.39, 0.29) is 11.3 Å². The molecule has 0 N–H and O–H groups in total. The van der Waals surface area contributed by atoms with Gasteiger partial charge in [-0.2, -0.15) is 5.26 Å². The second-order valence-corrected chi connectivity index (χ2v) is 6.41. The van der Waals surface area contributed by atoms with Gasteiger partial charge in [0.2, 0.25) is 0 Å². The first kappa shape index (κ1) is 18.4. The lowest BCUT2D eigenvalue weighted by molar-refractivity contribution is -0.384. The number of ether oxygens (including phenoxy) is 1. The quantitative estimate of drug-likeness (QED) is 0.470. The number of rotatable bonds is 6. The number of nitriles is 1. The maximum atomic E-state index is 10.9. The fourth-order valence-corrected chi connectivity index (χ4v) is 3.54. The summed E-state index contributed by atoms with van der Waals surface area (Å²) in [6, 6.07) is 13.7. The Morgan fingerprint density at radius 1 is 1.30 bits per heavy atom. The van der Waals surface area contributed by atoms with Crippen LogP contribution in [-0.4, -0.2) is 26.8 Å². The van der Waals surface area contributed by atoms with Crippen LogP contribution in [0.25, 0.3) is 11.4 Å². The molecule has 0 saturated carbocycles. The number of nitrogens with zero attached hydrogens (tertiary/aromatic N) is 5. The van der Waals surface area contributed by atoms with Crippen LogP contribution in [0, 0.1) is 21.4 Å². The van der Waals surface area contributed by atoms with Gasteiger partial charge in [-0.15, -0.1) is 10.2 Å². The van der Waals surface area contributed by atoms with Gasteiger partial charge in [0, 0.05) is 23.6 Å². The summed E-state index contributed by atoms with van der Waals surface area (Å²) in [7, 11) is 1.59. The topological polar surface area (TPSA) is 107 Å². The van der Waals surface area contributed by atoms with E-state index in [0.717, 1.165) is 5.56 Å². The van der Waals surface area contributed by atoms with Gasteiger partial charge in [-0.1, -0.05) is 12.1 Å². The molecule has 0 aliphatic heterocycles. The molecule has 3 aromatic rings. The number of hydrogen-bond acceptors (Lipinski definition) is 7. The second kappa shape index (κ2) is 7.88. The Labute approximate surface area is 159 Å². The summed E-state index contributed by atoms with van der Waals surface area (Å²) in [5.74, 6) is 1.34. The monoisotopic (exact) mass is 381 g/mol. The summed E-state index contributed by atoms with van der Waals surface area (Å²) in [6.07, 6.45) is 0. The van der Waals surface area contributed by atoms with Gasteiger partial charge in [-0.05, 0) is 36.9 Å². The smallest absolute Gasteiger partial charge is 0.270 e. The van der Waals surface area contributed by atoms with Crippen LogP contribution in [0.4, 0.5) is 5.69 Å². The zero-order valence-electron chi connectivity index (χ0n) is 14.6. The number of non-ortho nitro benzene ring substituents is 1. The molecule has 0 amide bonds. The van der Waals surface area contributed by atoms with Crippen molar-refractivity contribution in [3.63, 3.8) is 0 Å². The van der Waals surface area contributed by atoms with Gasteiger partial charge < -0.3 is 9.30 Å². The van der Waals surface area contributed by atoms with Crippen molar-refractivity contribution >= 4 is 17.4 Å². The molecule has 0 fully saturated rings. The molecule has 27 heavy (non-hydrogen) atoms.